The van der Waals surface area contributed by atoms with Crippen molar-refractivity contribution >= 4 is 21.7 Å². The molecule has 0 aliphatic carbocycles. The molecule has 0 saturated carbocycles. The summed E-state index contributed by atoms with van der Waals surface area (Å²) in [5.41, 5.74) is 0.453. The van der Waals surface area contributed by atoms with E-state index in [4.69, 9.17) is 4.74 Å². The highest BCUT2D eigenvalue weighted by Crippen LogP contribution is 2.23. The van der Waals surface area contributed by atoms with Gasteiger partial charge in [-0.05, 0) is 67.8 Å². The Morgan fingerprint density at radius 1 is 1.03 bits per heavy atom. The summed E-state index contributed by atoms with van der Waals surface area (Å²) in [6.45, 7) is -0.0899. The number of aliphatic hydroxyl groups excluding tert-OH is 1. The van der Waals surface area contributed by atoms with Gasteiger partial charge in [0.15, 0.2) is 0 Å². The van der Waals surface area contributed by atoms with Gasteiger partial charge in [0.05, 0.1) is 29.8 Å². The molecule has 2 aromatic carbocycles. The summed E-state index contributed by atoms with van der Waals surface area (Å²) in [5.74, 6) is -0.942. The van der Waals surface area contributed by atoms with Gasteiger partial charge in [-0.1, -0.05) is 0 Å². The fourth-order valence-electron chi connectivity index (χ4n) is 3.42. The van der Waals surface area contributed by atoms with Crippen LogP contribution in [0.25, 0.3) is 0 Å². The number of benzene rings is 2. The van der Waals surface area contributed by atoms with Gasteiger partial charge in [0.2, 0.25) is 10.0 Å². The fourth-order valence-corrected chi connectivity index (χ4v) is 4.71. The van der Waals surface area contributed by atoms with E-state index in [1.807, 2.05) is 0 Å². The van der Waals surface area contributed by atoms with E-state index in [1.54, 1.807) is 0 Å². The number of carbonyl (C=O) groups is 1. The van der Waals surface area contributed by atoms with E-state index in [9.17, 15) is 27.1 Å². The lowest BCUT2D eigenvalue weighted by atomic mass is 9.98. The van der Waals surface area contributed by atoms with Gasteiger partial charge in [-0.3, -0.25) is 0 Å². The van der Waals surface area contributed by atoms with Crippen molar-refractivity contribution in [1.29, 1.82) is 0 Å². The van der Waals surface area contributed by atoms with E-state index < -0.39 is 39.8 Å². The van der Waals surface area contributed by atoms with Crippen LogP contribution in [0.4, 0.5) is 19.3 Å². The number of nitrogens with one attached hydrogen (secondary N) is 3. The van der Waals surface area contributed by atoms with Gasteiger partial charge in [0.25, 0.3) is 0 Å². The Balaban J connectivity index is 1.46. The molecule has 11 heteroatoms. The van der Waals surface area contributed by atoms with Crippen molar-refractivity contribution in [3.8, 4) is 0 Å². The molecule has 2 amide bonds. The van der Waals surface area contributed by atoms with Gasteiger partial charge in [-0.25, -0.2) is 26.7 Å². The summed E-state index contributed by atoms with van der Waals surface area (Å²) in [7, 11) is -3.89. The Hall–Kier alpha value is -2.60. The number of aliphatic hydroxyl groups is 1. The first-order valence-electron chi connectivity index (χ1n) is 10.1. The van der Waals surface area contributed by atoms with Gasteiger partial charge in [0.1, 0.15) is 11.6 Å². The molecule has 2 aromatic rings. The molecule has 0 unspecified atom stereocenters. The van der Waals surface area contributed by atoms with Gasteiger partial charge < -0.3 is 20.5 Å². The van der Waals surface area contributed by atoms with Crippen molar-refractivity contribution in [3.05, 3.63) is 60.2 Å². The van der Waals surface area contributed by atoms with Crippen LogP contribution in [0.1, 0.15) is 19.3 Å². The summed E-state index contributed by atoms with van der Waals surface area (Å²) in [5, 5.41) is 14.9. The monoisotopic (exact) mass is 469 g/mol. The van der Waals surface area contributed by atoms with Crippen LogP contribution in [-0.4, -0.2) is 51.0 Å². The van der Waals surface area contributed by atoms with E-state index in [-0.39, 0.29) is 17.6 Å². The number of ether oxygens (including phenoxy) is 1. The Bertz CT molecular complexity index is 1000. The summed E-state index contributed by atoms with van der Waals surface area (Å²) < 4.78 is 59.3. The highest BCUT2D eigenvalue weighted by Gasteiger charge is 2.33. The standard InChI is InChI=1S/C21H25F2N3O5S/c22-14-1-5-16(6-2-14)25-21(28)24-12-11-17-7-10-19(20(13-27)31-17)26-32(29,30)18-8-3-15(23)4-9-18/h1-6,8-9,17,19-20,26-27H,7,10-13H2,(H2,24,25,28)/t17-,19-,20-/m1/s1. The van der Waals surface area contributed by atoms with Gasteiger partial charge >= 0.3 is 6.03 Å². The summed E-state index contributed by atoms with van der Waals surface area (Å²) >= 11 is 0. The predicted molar refractivity (Wildman–Crippen MR) is 114 cm³/mol. The smallest absolute Gasteiger partial charge is 0.319 e. The zero-order valence-electron chi connectivity index (χ0n) is 17.1. The number of urea groups is 1. The Morgan fingerprint density at radius 3 is 2.28 bits per heavy atom. The maximum Gasteiger partial charge on any atom is 0.319 e. The average Bonchev–Trinajstić information content (AvgIpc) is 2.76. The predicted octanol–water partition coefficient (Wildman–Crippen LogP) is 2.36. The van der Waals surface area contributed by atoms with Gasteiger partial charge in [-0.2, -0.15) is 0 Å². The number of anilines is 1. The fraction of sp³-hybridized carbons (Fsp3) is 0.381. The van der Waals surface area contributed by atoms with Crippen LogP contribution in [0.5, 0.6) is 0 Å². The normalized spacial score (nSPS) is 21.2. The number of halogens is 2. The first-order valence-corrected chi connectivity index (χ1v) is 11.6. The zero-order chi connectivity index (χ0) is 23.1. The molecule has 1 saturated heterocycles. The molecule has 4 N–H and O–H groups in total. The summed E-state index contributed by atoms with van der Waals surface area (Å²) in [6.07, 6.45) is 0.388. The third kappa shape index (κ3) is 6.70. The molecule has 174 valence electrons. The van der Waals surface area contributed by atoms with E-state index in [0.29, 0.717) is 31.5 Å². The number of amides is 2. The van der Waals surface area contributed by atoms with E-state index in [0.717, 1.165) is 12.1 Å². The van der Waals surface area contributed by atoms with Crippen molar-refractivity contribution in [1.82, 2.24) is 10.0 Å². The van der Waals surface area contributed by atoms with Crippen molar-refractivity contribution in [3.63, 3.8) is 0 Å². The second kappa shape index (κ2) is 10.8. The van der Waals surface area contributed by atoms with E-state index in [2.05, 4.69) is 15.4 Å². The van der Waals surface area contributed by atoms with Crippen LogP contribution >= 0.6 is 0 Å². The quantitative estimate of drug-likeness (QED) is 0.474. The molecule has 1 fully saturated rings. The maximum atomic E-state index is 13.1. The van der Waals surface area contributed by atoms with Crippen molar-refractivity contribution in [2.75, 3.05) is 18.5 Å². The molecule has 0 radical (unpaired) electrons. The maximum absolute atomic E-state index is 13.1. The first-order chi connectivity index (χ1) is 15.3. The molecule has 1 heterocycles. The molecule has 3 rings (SSSR count). The number of rotatable bonds is 8. The second-order valence-electron chi connectivity index (χ2n) is 7.41. The molecule has 0 spiro atoms. The van der Waals surface area contributed by atoms with E-state index >= 15 is 0 Å². The Kier molecular flexibility index (Phi) is 8.13. The van der Waals surface area contributed by atoms with Gasteiger partial charge in [0, 0.05) is 12.2 Å². The van der Waals surface area contributed by atoms with E-state index in [1.165, 1.54) is 36.4 Å². The lowest BCUT2D eigenvalue weighted by molar-refractivity contribution is -0.0871. The molecular formula is C21H25F2N3O5S. The minimum atomic E-state index is -3.89. The van der Waals surface area contributed by atoms with Crippen LogP contribution in [0.2, 0.25) is 0 Å². The lowest BCUT2D eigenvalue weighted by Gasteiger charge is -2.36. The third-order valence-corrected chi connectivity index (χ3v) is 6.59. The molecule has 0 bridgehead atoms. The Morgan fingerprint density at radius 2 is 1.66 bits per heavy atom. The lowest BCUT2D eigenvalue weighted by Crippen LogP contribution is -2.51. The summed E-state index contributed by atoms with van der Waals surface area (Å²) in [4.78, 5) is 11.9. The minimum Gasteiger partial charge on any atom is -0.394 e. The number of hydrogen-bond donors (Lipinski definition) is 4. The van der Waals surface area contributed by atoms with Crippen LogP contribution in [-0.2, 0) is 14.8 Å². The minimum absolute atomic E-state index is 0.0749. The topological polar surface area (TPSA) is 117 Å². The average molecular weight is 470 g/mol. The molecule has 8 nitrogen and oxygen atoms in total. The first kappa shape index (κ1) is 24.1. The second-order valence-corrected chi connectivity index (χ2v) is 9.13. The van der Waals surface area contributed by atoms with Crippen LogP contribution in [0.3, 0.4) is 0 Å². The molecule has 1 aliphatic heterocycles. The number of carbonyl (C=O) groups excluding carboxylic acids is 1. The Labute approximate surface area is 185 Å². The van der Waals surface area contributed by atoms with Crippen molar-refractivity contribution in [2.24, 2.45) is 0 Å². The van der Waals surface area contributed by atoms with Crippen LogP contribution in [0, 0.1) is 11.6 Å². The number of hydrogen-bond acceptors (Lipinski definition) is 5. The van der Waals surface area contributed by atoms with Crippen molar-refractivity contribution in [2.45, 2.75) is 42.4 Å². The molecular weight excluding hydrogens is 444 g/mol. The summed E-state index contributed by atoms with van der Waals surface area (Å²) in [6, 6.07) is 8.73. The molecule has 0 aromatic heterocycles. The third-order valence-electron chi connectivity index (χ3n) is 5.08. The molecule has 32 heavy (non-hydrogen) atoms. The largest absolute Gasteiger partial charge is 0.394 e. The molecule has 1 aliphatic rings. The number of sulfonamides is 1. The van der Waals surface area contributed by atoms with Crippen LogP contribution in [0.15, 0.2) is 53.4 Å². The molecule has 3 atom stereocenters. The van der Waals surface area contributed by atoms with Crippen molar-refractivity contribution < 1.29 is 31.8 Å². The van der Waals surface area contributed by atoms with Crippen LogP contribution < -0.4 is 15.4 Å². The SMILES string of the molecule is O=C(NCC[C@H]1CC[C@@H](NS(=O)(=O)c2ccc(F)cc2)[C@@H](CO)O1)Nc1ccc(F)cc1. The zero-order valence-corrected chi connectivity index (χ0v) is 17.9. The van der Waals surface area contributed by atoms with Gasteiger partial charge in [-0.15, -0.1) is 0 Å². The highest BCUT2D eigenvalue weighted by atomic mass is 32.2. The highest BCUT2D eigenvalue weighted by molar-refractivity contribution is 7.89.